The van der Waals surface area contributed by atoms with Crippen LogP contribution in [0.1, 0.15) is 40.4 Å². The van der Waals surface area contributed by atoms with E-state index < -0.39 is 10.0 Å². The molecular formula is C19H27N5O3S2. The van der Waals surface area contributed by atoms with Crippen LogP contribution in [0.2, 0.25) is 0 Å². The van der Waals surface area contributed by atoms with E-state index in [4.69, 9.17) is 0 Å². The molecule has 2 aliphatic heterocycles. The van der Waals surface area contributed by atoms with Crippen molar-refractivity contribution in [2.75, 3.05) is 46.5 Å². The quantitative estimate of drug-likeness (QED) is 0.722. The lowest BCUT2D eigenvalue weighted by Gasteiger charge is -2.35. The molecule has 0 bridgehead atoms. The molecule has 2 fully saturated rings. The summed E-state index contributed by atoms with van der Waals surface area (Å²) < 4.78 is 25.1. The van der Waals surface area contributed by atoms with Crippen molar-refractivity contribution in [1.82, 2.24) is 24.1 Å². The Labute approximate surface area is 175 Å². The third-order valence-corrected chi connectivity index (χ3v) is 8.39. The lowest BCUT2D eigenvalue weighted by Crippen LogP contribution is -2.45. The number of hydrogen-bond acceptors (Lipinski definition) is 7. The number of aromatic nitrogens is 2. The monoisotopic (exact) mass is 437 g/mol. The Morgan fingerprint density at radius 3 is 2.48 bits per heavy atom. The van der Waals surface area contributed by atoms with E-state index >= 15 is 0 Å². The highest BCUT2D eigenvalue weighted by molar-refractivity contribution is 7.88. The zero-order chi connectivity index (χ0) is 20.8. The normalized spacial score (nSPS) is 22.4. The maximum atomic E-state index is 12.8. The number of nitrogens with zero attached hydrogens (tertiary/aromatic N) is 5. The third kappa shape index (κ3) is 4.03. The van der Waals surface area contributed by atoms with Gasteiger partial charge in [-0.25, -0.2) is 17.7 Å². The Morgan fingerprint density at radius 2 is 1.83 bits per heavy atom. The zero-order valence-electron chi connectivity index (χ0n) is 17.0. The van der Waals surface area contributed by atoms with E-state index in [-0.39, 0.29) is 11.8 Å². The number of fused-ring (bicyclic) bond motifs is 1. The molecule has 0 aliphatic carbocycles. The molecule has 4 rings (SSSR count). The highest BCUT2D eigenvalue weighted by Crippen LogP contribution is 2.40. The maximum absolute atomic E-state index is 12.8. The molecule has 1 unspecified atom stereocenters. The number of rotatable bonds is 4. The molecule has 2 aromatic heterocycles. The van der Waals surface area contributed by atoms with Gasteiger partial charge in [0.15, 0.2) is 0 Å². The van der Waals surface area contributed by atoms with Gasteiger partial charge in [-0.3, -0.25) is 14.7 Å². The van der Waals surface area contributed by atoms with Crippen molar-refractivity contribution in [2.45, 2.75) is 31.2 Å². The van der Waals surface area contributed by atoms with Gasteiger partial charge in [-0.05, 0) is 25.8 Å². The molecule has 29 heavy (non-hydrogen) atoms. The van der Waals surface area contributed by atoms with E-state index in [2.05, 4.69) is 14.9 Å². The largest absolute Gasteiger partial charge is 0.344 e. The van der Waals surface area contributed by atoms with Gasteiger partial charge < -0.3 is 4.90 Å². The van der Waals surface area contributed by atoms with E-state index in [1.807, 2.05) is 0 Å². The highest BCUT2D eigenvalue weighted by atomic mass is 32.2. The highest BCUT2D eigenvalue weighted by Gasteiger charge is 2.36. The standard InChI is InChI=1S/C19H27N5O3S2/c1-22(2)19(25)17-15(16-18(28-17)21-8-7-20-16)13-4-9-23(12-13)14-5-10-24(11-6-14)29(3,26)27/h7-8,13-14H,4-6,9-12H2,1-3H3. The van der Waals surface area contributed by atoms with Gasteiger partial charge in [0.05, 0.1) is 11.1 Å². The second-order valence-electron chi connectivity index (χ2n) is 8.13. The summed E-state index contributed by atoms with van der Waals surface area (Å²) in [6.45, 7) is 3.00. The van der Waals surface area contributed by atoms with Crippen molar-refractivity contribution in [3.05, 3.63) is 22.8 Å². The summed E-state index contributed by atoms with van der Waals surface area (Å²) in [5.74, 6) is 0.247. The summed E-state index contributed by atoms with van der Waals surface area (Å²) in [6, 6.07) is 0.391. The molecule has 0 spiro atoms. The number of amides is 1. The van der Waals surface area contributed by atoms with Crippen molar-refractivity contribution >= 4 is 37.6 Å². The number of carbonyl (C=O) groups excluding carboxylic acids is 1. The van der Waals surface area contributed by atoms with Crippen LogP contribution in [0.4, 0.5) is 0 Å². The minimum atomic E-state index is -3.11. The van der Waals surface area contributed by atoms with E-state index in [1.54, 1.807) is 35.7 Å². The minimum absolute atomic E-state index is 0.00436. The number of likely N-dealkylation sites (tertiary alicyclic amines) is 1. The fourth-order valence-corrected chi connectivity index (χ4v) is 6.56. The molecule has 1 amide bonds. The predicted octanol–water partition coefficient (Wildman–Crippen LogP) is 1.61. The number of sulfonamides is 1. The maximum Gasteiger partial charge on any atom is 0.263 e. The van der Waals surface area contributed by atoms with Crippen LogP contribution in [0.5, 0.6) is 0 Å². The average Bonchev–Trinajstić information content (AvgIpc) is 3.31. The molecule has 0 saturated carbocycles. The zero-order valence-corrected chi connectivity index (χ0v) is 18.7. The van der Waals surface area contributed by atoms with Crippen LogP contribution in [-0.2, 0) is 10.0 Å². The smallest absolute Gasteiger partial charge is 0.263 e. The Kier molecular flexibility index (Phi) is 5.62. The van der Waals surface area contributed by atoms with Crippen LogP contribution in [0.3, 0.4) is 0 Å². The Hall–Kier alpha value is -1.62. The first kappa shape index (κ1) is 20.6. The molecule has 10 heteroatoms. The number of thiophene rings is 1. The van der Waals surface area contributed by atoms with Crippen molar-refractivity contribution in [3.63, 3.8) is 0 Å². The molecule has 0 N–H and O–H groups in total. The topological polar surface area (TPSA) is 86.7 Å². The predicted molar refractivity (Wildman–Crippen MR) is 114 cm³/mol. The first-order valence-electron chi connectivity index (χ1n) is 9.90. The van der Waals surface area contributed by atoms with Gasteiger partial charge in [0.25, 0.3) is 5.91 Å². The van der Waals surface area contributed by atoms with Crippen LogP contribution in [0.15, 0.2) is 12.4 Å². The van der Waals surface area contributed by atoms with Gasteiger partial charge in [0, 0.05) is 63.6 Å². The average molecular weight is 438 g/mol. The van der Waals surface area contributed by atoms with Crippen molar-refractivity contribution < 1.29 is 13.2 Å². The van der Waals surface area contributed by atoms with E-state index in [1.165, 1.54) is 17.6 Å². The molecule has 0 aromatic carbocycles. The van der Waals surface area contributed by atoms with E-state index in [9.17, 15) is 13.2 Å². The van der Waals surface area contributed by atoms with Gasteiger partial charge in [0.2, 0.25) is 10.0 Å². The second-order valence-corrected chi connectivity index (χ2v) is 11.1. The van der Waals surface area contributed by atoms with Crippen LogP contribution in [0.25, 0.3) is 10.3 Å². The summed E-state index contributed by atoms with van der Waals surface area (Å²) in [5.41, 5.74) is 1.88. The molecule has 2 saturated heterocycles. The number of carbonyl (C=O) groups is 1. The molecule has 158 valence electrons. The van der Waals surface area contributed by atoms with Gasteiger partial charge in [-0.15, -0.1) is 11.3 Å². The Bertz CT molecular complexity index is 1010. The number of piperidine rings is 1. The molecule has 4 heterocycles. The first-order chi connectivity index (χ1) is 13.8. The van der Waals surface area contributed by atoms with Gasteiger partial charge in [-0.1, -0.05) is 0 Å². The summed E-state index contributed by atoms with van der Waals surface area (Å²) >= 11 is 1.43. The SMILES string of the molecule is CN(C)C(=O)c1sc2nccnc2c1C1CCN(C2CCN(S(C)(=O)=O)CC2)C1. The first-order valence-corrected chi connectivity index (χ1v) is 12.6. The summed E-state index contributed by atoms with van der Waals surface area (Å²) in [5, 5.41) is 0. The van der Waals surface area contributed by atoms with Crippen LogP contribution < -0.4 is 0 Å². The molecule has 1 atom stereocenters. The fraction of sp³-hybridized carbons (Fsp3) is 0.632. The molecule has 2 aromatic rings. The van der Waals surface area contributed by atoms with Crippen molar-refractivity contribution in [2.24, 2.45) is 0 Å². The molecule has 8 nitrogen and oxygen atoms in total. The van der Waals surface area contributed by atoms with E-state index in [0.29, 0.717) is 19.1 Å². The van der Waals surface area contributed by atoms with Crippen LogP contribution >= 0.6 is 11.3 Å². The molecule has 0 radical (unpaired) electrons. The van der Waals surface area contributed by atoms with Crippen LogP contribution in [-0.4, -0.2) is 91.0 Å². The van der Waals surface area contributed by atoms with Gasteiger partial charge in [0.1, 0.15) is 10.3 Å². The Balaban J connectivity index is 1.55. The second kappa shape index (κ2) is 7.90. The van der Waals surface area contributed by atoms with Crippen molar-refractivity contribution in [3.8, 4) is 0 Å². The summed E-state index contributed by atoms with van der Waals surface area (Å²) in [7, 11) is 0.436. The third-order valence-electron chi connectivity index (χ3n) is 6.00. The molecule has 2 aliphatic rings. The lowest BCUT2D eigenvalue weighted by molar-refractivity contribution is 0.0831. The molecular weight excluding hydrogens is 410 g/mol. The van der Waals surface area contributed by atoms with Gasteiger partial charge >= 0.3 is 0 Å². The summed E-state index contributed by atoms with van der Waals surface area (Å²) in [6.07, 6.45) is 7.33. The van der Waals surface area contributed by atoms with Crippen LogP contribution in [0, 0.1) is 0 Å². The Morgan fingerprint density at radius 1 is 1.14 bits per heavy atom. The summed E-state index contributed by atoms with van der Waals surface area (Å²) in [4.78, 5) is 27.4. The van der Waals surface area contributed by atoms with Gasteiger partial charge in [-0.2, -0.15) is 0 Å². The van der Waals surface area contributed by atoms with Crippen molar-refractivity contribution in [1.29, 1.82) is 0 Å². The fourth-order valence-electron chi connectivity index (χ4n) is 4.48. The lowest BCUT2D eigenvalue weighted by atomic mass is 9.97. The van der Waals surface area contributed by atoms with E-state index in [0.717, 1.165) is 53.1 Å². The minimum Gasteiger partial charge on any atom is -0.344 e. The number of hydrogen-bond donors (Lipinski definition) is 0.